The van der Waals surface area contributed by atoms with Gasteiger partial charge in [0.15, 0.2) is 22.8 Å². The molecule has 0 bridgehead atoms. The summed E-state index contributed by atoms with van der Waals surface area (Å²) in [6, 6.07) is 15.3. The van der Waals surface area contributed by atoms with E-state index in [2.05, 4.69) is 0 Å². The highest BCUT2D eigenvalue weighted by Crippen LogP contribution is 2.40. The number of methoxy groups -OCH3 is 2. The average Bonchev–Trinajstić information content (AvgIpc) is 2.84. The molecule has 150 valence electrons. The van der Waals surface area contributed by atoms with Gasteiger partial charge in [0, 0.05) is 13.0 Å². The van der Waals surface area contributed by atoms with Crippen LogP contribution in [-0.2, 0) is 17.6 Å². The van der Waals surface area contributed by atoms with Gasteiger partial charge in [0.2, 0.25) is 0 Å². The van der Waals surface area contributed by atoms with Gasteiger partial charge in [0.1, 0.15) is 0 Å². The van der Waals surface area contributed by atoms with Gasteiger partial charge in [-0.15, -0.1) is 0 Å². The van der Waals surface area contributed by atoms with Gasteiger partial charge in [0.25, 0.3) is 0 Å². The third-order valence-corrected chi connectivity index (χ3v) is 5.52. The van der Waals surface area contributed by atoms with E-state index in [4.69, 9.17) is 14.2 Å². The van der Waals surface area contributed by atoms with Crippen molar-refractivity contribution >= 4 is 6.09 Å². The number of hydrogen-bond donors (Lipinski definition) is 1. The molecule has 0 saturated carbocycles. The quantitative estimate of drug-likeness (QED) is 0.791. The fraction of sp³-hybridized carbons (Fsp3) is 0.409. The third kappa shape index (κ3) is 3.64. The van der Waals surface area contributed by atoms with Crippen molar-refractivity contribution in [1.29, 1.82) is 0 Å². The molecule has 0 aliphatic carbocycles. The molecule has 1 aliphatic heterocycles. The summed E-state index contributed by atoms with van der Waals surface area (Å²) in [5.41, 5.74) is -0.503. The summed E-state index contributed by atoms with van der Waals surface area (Å²) in [5, 5.41) is 11.2. The van der Waals surface area contributed by atoms with E-state index >= 15 is 0 Å². The number of carbonyl (C=O) groups excluding carboxylic acids is 1. The summed E-state index contributed by atoms with van der Waals surface area (Å²) in [5.74, 6) is 1.28. The molecule has 6 nitrogen and oxygen atoms in total. The van der Waals surface area contributed by atoms with Crippen LogP contribution >= 0.6 is 0 Å². The Labute approximate surface area is 165 Å². The summed E-state index contributed by atoms with van der Waals surface area (Å²) in [6.07, 6.45) is 0.468. The van der Waals surface area contributed by atoms with Gasteiger partial charge >= 0.3 is 6.09 Å². The SMILES string of the molecule is COc1ccc(CCN2C(=O)O[C@@](C)(Cc3ccccc3)[C@]2(C)O)cc1OC. The largest absolute Gasteiger partial charge is 0.493 e. The van der Waals surface area contributed by atoms with Crippen LogP contribution in [0.15, 0.2) is 48.5 Å². The first-order chi connectivity index (χ1) is 13.3. The zero-order valence-electron chi connectivity index (χ0n) is 16.8. The van der Waals surface area contributed by atoms with E-state index < -0.39 is 17.4 Å². The Morgan fingerprint density at radius 2 is 1.68 bits per heavy atom. The molecule has 2 aromatic rings. The smallest absolute Gasteiger partial charge is 0.412 e. The molecule has 0 unspecified atom stereocenters. The molecule has 0 radical (unpaired) electrons. The van der Waals surface area contributed by atoms with Gasteiger partial charge in [-0.05, 0) is 43.5 Å². The number of ether oxygens (including phenoxy) is 3. The Bertz CT molecular complexity index is 836. The molecule has 0 spiro atoms. The van der Waals surface area contributed by atoms with Crippen molar-refractivity contribution in [2.24, 2.45) is 0 Å². The molecule has 1 aliphatic rings. The van der Waals surface area contributed by atoms with Crippen molar-refractivity contribution in [2.45, 2.75) is 38.0 Å². The van der Waals surface area contributed by atoms with E-state index in [0.717, 1.165) is 11.1 Å². The Hall–Kier alpha value is -2.73. The van der Waals surface area contributed by atoms with Crippen molar-refractivity contribution in [3.05, 3.63) is 59.7 Å². The minimum Gasteiger partial charge on any atom is -0.493 e. The van der Waals surface area contributed by atoms with Crippen LogP contribution in [0, 0.1) is 0 Å². The predicted molar refractivity (Wildman–Crippen MR) is 106 cm³/mol. The lowest BCUT2D eigenvalue weighted by Gasteiger charge is -2.37. The van der Waals surface area contributed by atoms with Crippen LogP contribution in [-0.4, -0.2) is 48.2 Å². The summed E-state index contributed by atoms with van der Waals surface area (Å²) in [4.78, 5) is 13.9. The van der Waals surface area contributed by atoms with Gasteiger partial charge in [-0.1, -0.05) is 36.4 Å². The maximum absolute atomic E-state index is 12.5. The van der Waals surface area contributed by atoms with Gasteiger partial charge in [-0.25, -0.2) is 4.79 Å². The summed E-state index contributed by atoms with van der Waals surface area (Å²) >= 11 is 0. The van der Waals surface area contributed by atoms with Gasteiger partial charge < -0.3 is 19.3 Å². The number of carbonyl (C=O) groups is 1. The van der Waals surface area contributed by atoms with Crippen LogP contribution in [0.1, 0.15) is 25.0 Å². The minimum atomic E-state index is -1.43. The molecule has 1 fully saturated rings. The zero-order valence-corrected chi connectivity index (χ0v) is 16.8. The molecule has 3 rings (SSSR count). The van der Waals surface area contributed by atoms with Crippen LogP contribution in [0.3, 0.4) is 0 Å². The highest BCUT2D eigenvalue weighted by molar-refractivity contribution is 5.72. The highest BCUT2D eigenvalue weighted by Gasteiger charge is 2.58. The predicted octanol–water partition coefficient (Wildman–Crippen LogP) is 3.41. The number of cyclic esters (lactones) is 1. The first kappa shape index (κ1) is 20.0. The van der Waals surface area contributed by atoms with E-state index in [1.165, 1.54) is 4.90 Å². The molecular formula is C22H27NO5. The van der Waals surface area contributed by atoms with E-state index in [-0.39, 0.29) is 0 Å². The number of aliphatic hydroxyl groups is 1. The lowest BCUT2D eigenvalue weighted by molar-refractivity contribution is -0.135. The summed E-state index contributed by atoms with van der Waals surface area (Å²) < 4.78 is 16.2. The normalized spacial score (nSPS) is 24.2. The van der Waals surface area contributed by atoms with Crippen LogP contribution in [0.5, 0.6) is 11.5 Å². The Morgan fingerprint density at radius 3 is 2.32 bits per heavy atom. The minimum absolute atomic E-state index is 0.325. The number of benzene rings is 2. The van der Waals surface area contributed by atoms with E-state index in [9.17, 15) is 9.90 Å². The average molecular weight is 385 g/mol. The van der Waals surface area contributed by atoms with Crippen LogP contribution in [0.25, 0.3) is 0 Å². The number of nitrogens with zero attached hydrogens (tertiary/aromatic N) is 1. The van der Waals surface area contributed by atoms with Gasteiger partial charge in [0.05, 0.1) is 14.2 Å². The zero-order chi connectivity index (χ0) is 20.4. The van der Waals surface area contributed by atoms with Crippen molar-refractivity contribution in [3.63, 3.8) is 0 Å². The molecule has 6 heteroatoms. The fourth-order valence-electron chi connectivity index (χ4n) is 3.58. The van der Waals surface area contributed by atoms with Crippen molar-refractivity contribution in [3.8, 4) is 11.5 Å². The topological polar surface area (TPSA) is 68.2 Å². The number of amides is 1. The maximum atomic E-state index is 12.5. The van der Waals surface area contributed by atoms with Gasteiger partial charge in [-0.2, -0.15) is 0 Å². The standard InChI is InChI=1S/C22H27NO5/c1-21(15-17-8-6-5-7-9-17)22(2,25)23(20(24)28-21)13-12-16-10-11-18(26-3)19(14-16)27-4/h5-11,14,25H,12-13,15H2,1-4H3/t21-,22-/m0/s1. The van der Waals surface area contributed by atoms with Crippen LogP contribution in [0.4, 0.5) is 4.79 Å². The van der Waals surface area contributed by atoms with Crippen LogP contribution < -0.4 is 9.47 Å². The third-order valence-electron chi connectivity index (χ3n) is 5.52. The van der Waals surface area contributed by atoms with E-state index in [0.29, 0.717) is 30.9 Å². The molecular weight excluding hydrogens is 358 g/mol. The van der Waals surface area contributed by atoms with Gasteiger partial charge in [-0.3, -0.25) is 4.90 Å². The van der Waals surface area contributed by atoms with E-state index in [1.54, 1.807) is 28.1 Å². The van der Waals surface area contributed by atoms with Crippen molar-refractivity contribution in [2.75, 3.05) is 20.8 Å². The maximum Gasteiger partial charge on any atom is 0.412 e. The lowest BCUT2D eigenvalue weighted by Crippen LogP contribution is -2.56. The van der Waals surface area contributed by atoms with E-state index in [1.807, 2.05) is 48.5 Å². The first-order valence-corrected chi connectivity index (χ1v) is 9.28. The molecule has 1 N–H and O–H groups in total. The van der Waals surface area contributed by atoms with Crippen LogP contribution in [0.2, 0.25) is 0 Å². The Kier molecular flexibility index (Phi) is 5.52. The first-order valence-electron chi connectivity index (χ1n) is 9.28. The molecule has 28 heavy (non-hydrogen) atoms. The number of rotatable bonds is 7. The second kappa shape index (κ2) is 7.72. The Balaban J connectivity index is 1.75. The molecule has 1 saturated heterocycles. The molecule has 2 aromatic carbocycles. The molecule has 1 heterocycles. The fourth-order valence-corrected chi connectivity index (χ4v) is 3.58. The molecule has 2 atom stereocenters. The van der Waals surface area contributed by atoms with Crippen molar-refractivity contribution in [1.82, 2.24) is 4.90 Å². The molecule has 0 aromatic heterocycles. The highest BCUT2D eigenvalue weighted by atomic mass is 16.6. The summed E-state index contributed by atoms with van der Waals surface area (Å²) in [6.45, 7) is 3.73. The summed E-state index contributed by atoms with van der Waals surface area (Å²) in [7, 11) is 3.17. The number of hydrogen-bond acceptors (Lipinski definition) is 5. The Morgan fingerprint density at radius 1 is 1.00 bits per heavy atom. The molecule has 1 amide bonds. The second-order valence-electron chi connectivity index (χ2n) is 7.37. The monoisotopic (exact) mass is 385 g/mol. The van der Waals surface area contributed by atoms with Crippen molar-refractivity contribution < 1.29 is 24.1 Å². The lowest BCUT2D eigenvalue weighted by atomic mass is 9.86. The second-order valence-corrected chi connectivity index (χ2v) is 7.37.